The molecule has 0 aliphatic carbocycles. The molecule has 1 aromatic heterocycles. The van der Waals surface area contributed by atoms with Crippen molar-refractivity contribution in [2.24, 2.45) is 0 Å². The van der Waals surface area contributed by atoms with Crippen LogP contribution in [-0.2, 0) is 10.0 Å². The maximum Gasteiger partial charge on any atom is 0.262 e. The van der Waals surface area contributed by atoms with E-state index in [-0.39, 0.29) is 4.90 Å². The summed E-state index contributed by atoms with van der Waals surface area (Å²) in [5.41, 5.74) is 2.75. The third-order valence-corrected chi connectivity index (χ3v) is 5.58. The Morgan fingerprint density at radius 2 is 1.50 bits per heavy atom. The molecule has 0 amide bonds. The van der Waals surface area contributed by atoms with Crippen molar-refractivity contribution in [2.75, 3.05) is 22.7 Å². The minimum atomic E-state index is -3.65. The van der Waals surface area contributed by atoms with Gasteiger partial charge in [0, 0.05) is 13.1 Å². The average Bonchev–Trinajstić information content (AvgIpc) is 3.05. The molecule has 0 spiro atoms. The van der Waals surface area contributed by atoms with E-state index in [0.29, 0.717) is 23.0 Å². The molecule has 0 unspecified atom stereocenters. The second kappa shape index (κ2) is 6.39. The lowest BCUT2D eigenvalue weighted by Gasteiger charge is -2.19. The van der Waals surface area contributed by atoms with Gasteiger partial charge in [-0.3, -0.25) is 4.72 Å². The number of rotatable bonds is 4. The van der Waals surface area contributed by atoms with Gasteiger partial charge in [0.25, 0.3) is 10.0 Å². The van der Waals surface area contributed by atoms with Crippen LogP contribution in [0.2, 0.25) is 0 Å². The van der Waals surface area contributed by atoms with Crippen LogP contribution in [0.3, 0.4) is 0 Å². The highest BCUT2D eigenvalue weighted by Crippen LogP contribution is 2.25. The SMILES string of the molecule is Cc1ccc(S(=O)(=O)Nc2c(C)nc(N3CCCC3)nc2C)cc1. The van der Waals surface area contributed by atoms with E-state index in [1.807, 2.05) is 6.92 Å². The molecule has 1 aromatic carbocycles. The molecule has 0 radical (unpaired) electrons. The topological polar surface area (TPSA) is 75.2 Å². The van der Waals surface area contributed by atoms with E-state index in [2.05, 4.69) is 19.6 Å². The second-order valence-electron chi connectivity index (χ2n) is 6.18. The number of anilines is 2. The fourth-order valence-corrected chi connectivity index (χ4v) is 3.99. The monoisotopic (exact) mass is 346 g/mol. The maximum absolute atomic E-state index is 12.6. The van der Waals surface area contributed by atoms with Gasteiger partial charge in [0.15, 0.2) is 0 Å². The Balaban J connectivity index is 1.90. The lowest BCUT2D eigenvalue weighted by molar-refractivity contribution is 0.601. The predicted octanol–water partition coefficient (Wildman–Crippen LogP) is 2.80. The van der Waals surface area contributed by atoms with Crippen LogP contribution in [0.5, 0.6) is 0 Å². The number of aromatic nitrogens is 2. The highest BCUT2D eigenvalue weighted by atomic mass is 32.2. The van der Waals surface area contributed by atoms with Crippen LogP contribution in [-0.4, -0.2) is 31.5 Å². The van der Waals surface area contributed by atoms with Crippen molar-refractivity contribution in [2.45, 2.75) is 38.5 Å². The van der Waals surface area contributed by atoms with Gasteiger partial charge in [-0.2, -0.15) is 0 Å². The Labute approximate surface area is 143 Å². The van der Waals surface area contributed by atoms with Crippen LogP contribution in [0.1, 0.15) is 29.8 Å². The van der Waals surface area contributed by atoms with Gasteiger partial charge in [-0.15, -0.1) is 0 Å². The number of sulfonamides is 1. The zero-order chi connectivity index (χ0) is 17.3. The van der Waals surface area contributed by atoms with Gasteiger partial charge in [0.05, 0.1) is 22.0 Å². The van der Waals surface area contributed by atoms with Crippen LogP contribution >= 0.6 is 0 Å². The summed E-state index contributed by atoms with van der Waals surface area (Å²) >= 11 is 0. The van der Waals surface area contributed by atoms with Crippen molar-refractivity contribution in [1.82, 2.24) is 9.97 Å². The number of hydrogen-bond donors (Lipinski definition) is 1. The van der Waals surface area contributed by atoms with Crippen LogP contribution in [0.4, 0.5) is 11.6 Å². The molecule has 1 saturated heterocycles. The van der Waals surface area contributed by atoms with Crippen molar-refractivity contribution >= 4 is 21.7 Å². The van der Waals surface area contributed by atoms with E-state index >= 15 is 0 Å². The molecule has 6 nitrogen and oxygen atoms in total. The van der Waals surface area contributed by atoms with Crippen molar-refractivity contribution in [1.29, 1.82) is 0 Å². The molecular weight excluding hydrogens is 324 g/mol. The van der Waals surface area contributed by atoms with E-state index in [1.165, 1.54) is 0 Å². The third-order valence-electron chi connectivity index (χ3n) is 4.22. The zero-order valence-electron chi connectivity index (χ0n) is 14.2. The van der Waals surface area contributed by atoms with Gasteiger partial charge in [-0.25, -0.2) is 18.4 Å². The van der Waals surface area contributed by atoms with E-state index < -0.39 is 10.0 Å². The quantitative estimate of drug-likeness (QED) is 0.921. The first-order valence-electron chi connectivity index (χ1n) is 8.06. The molecule has 7 heteroatoms. The Bertz CT molecular complexity index is 818. The lowest BCUT2D eigenvalue weighted by Crippen LogP contribution is -2.22. The van der Waals surface area contributed by atoms with Gasteiger partial charge in [0.2, 0.25) is 5.95 Å². The van der Waals surface area contributed by atoms with Crippen LogP contribution in [0.25, 0.3) is 0 Å². The maximum atomic E-state index is 12.6. The minimum absolute atomic E-state index is 0.232. The summed E-state index contributed by atoms with van der Waals surface area (Å²) in [7, 11) is -3.65. The first-order chi connectivity index (χ1) is 11.4. The summed E-state index contributed by atoms with van der Waals surface area (Å²) in [4.78, 5) is 11.4. The van der Waals surface area contributed by atoms with Crippen LogP contribution in [0.15, 0.2) is 29.2 Å². The first kappa shape index (κ1) is 16.7. The Morgan fingerprint density at radius 1 is 0.958 bits per heavy atom. The molecule has 128 valence electrons. The minimum Gasteiger partial charge on any atom is -0.341 e. The number of nitrogens with one attached hydrogen (secondary N) is 1. The largest absolute Gasteiger partial charge is 0.341 e. The fraction of sp³-hybridized carbons (Fsp3) is 0.412. The standard InChI is InChI=1S/C17H22N4O2S/c1-12-6-8-15(9-7-12)24(22,23)20-16-13(2)18-17(19-14(16)3)21-10-4-5-11-21/h6-9,20H,4-5,10-11H2,1-3H3. The number of hydrogen-bond acceptors (Lipinski definition) is 5. The number of benzene rings is 1. The molecule has 1 aliphatic heterocycles. The van der Waals surface area contributed by atoms with Crippen molar-refractivity contribution in [3.05, 3.63) is 41.2 Å². The zero-order valence-corrected chi connectivity index (χ0v) is 15.0. The molecule has 1 N–H and O–H groups in total. The van der Waals surface area contributed by atoms with Gasteiger partial charge >= 0.3 is 0 Å². The molecule has 24 heavy (non-hydrogen) atoms. The molecule has 0 atom stereocenters. The third kappa shape index (κ3) is 3.36. The van der Waals surface area contributed by atoms with Gasteiger partial charge in [-0.05, 0) is 45.7 Å². The smallest absolute Gasteiger partial charge is 0.262 e. The van der Waals surface area contributed by atoms with Gasteiger partial charge in [-0.1, -0.05) is 17.7 Å². The molecule has 0 bridgehead atoms. The second-order valence-corrected chi connectivity index (χ2v) is 7.86. The van der Waals surface area contributed by atoms with E-state index in [1.54, 1.807) is 38.1 Å². The molecule has 2 heterocycles. The first-order valence-corrected chi connectivity index (χ1v) is 9.55. The molecule has 1 fully saturated rings. The Morgan fingerprint density at radius 3 is 2.04 bits per heavy atom. The average molecular weight is 346 g/mol. The van der Waals surface area contributed by atoms with Gasteiger partial charge < -0.3 is 4.90 Å². The highest BCUT2D eigenvalue weighted by Gasteiger charge is 2.21. The highest BCUT2D eigenvalue weighted by molar-refractivity contribution is 7.92. The number of aryl methyl sites for hydroxylation is 3. The summed E-state index contributed by atoms with van der Waals surface area (Å²) in [6.45, 7) is 7.44. The molecule has 1 aliphatic rings. The number of nitrogens with zero attached hydrogens (tertiary/aromatic N) is 3. The molecule has 0 saturated carbocycles. The Kier molecular flexibility index (Phi) is 4.45. The van der Waals surface area contributed by atoms with Crippen molar-refractivity contribution < 1.29 is 8.42 Å². The summed E-state index contributed by atoms with van der Waals surface area (Å²) in [6, 6.07) is 6.76. The summed E-state index contributed by atoms with van der Waals surface area (Å²) in [5.74, 6) is 0.681. The predicted molar refractivity (Wildman–Crippen MR) is 94.9 cm³/mol. The van der Waals surface area contributed by atoms with Crippen LogP contribution in [0, 0.1) is 20.8 Å². The normalized spacial score (nSPS) is 14.9. The van der Waals surface area contributed by atoms with E-state index in [4.69, 9.17) is 0 Å². The summed E-state index contributed by atoms with van der Waals surface area (Å²) in [6.07, 6.45) is 2.28. The lowest BCUT2D eigenvalue weighted by atomic mass is 10.2. The van der Waals surface area contributed by atoms with E-state index in [9.17, 15) is 8.42 Å². The molecular formula is C17H22N4O2S. The van der Waals surface area contributed by atoms with Crippen molar-refractivity contribution in [3.8, 4) is 0 Å². The molecule has 3 rings (SSSR count). The fourth-order valence-electron chi connectivity index (χ4n) is 2.82. The van der Waals surface area contributed by atoms with Crippen molar-refractivity contribution in [3.63, 3.8) is 0 Å². The van der Waals surface area contributed by atoms with E-state index in [0.717, 1.165) is 31.5 Å². The summed E-state index contributed by atoms with van der Waals surface area (Å²) in [5, 5.41) is 0. The van der Waals surface area contributed by atoms with Gasteiger partial charge in [0.1, 0.15) is 0 Å². The molecule has 2 aromatic rings. The summed E-state index contributed by atoms with van der Waals surface area (Å²) < 4.78 is 27.8. The van der Waals surface area contributed by atoms with Crippen LogP contribution < -0.4 is 9.62 Å². The Hall–Kier alpha value is -2.15.